The summed E-state index contributed by atoms with van der Waals surface area (Å²) >= 11 is 5.84. The molecule has 2 amide bonds. The van der Waals surface area contributed by atoms with E-state index in [1.165, 1.54) is 0 Å². The lowest BCUT2D eigenvalue weighted by molar-refractivity contribution is 0.166. The van der Waals surface area contributed by atoms with Crippen LogP contribution in [0.1, 0.15) is 18.1 Å². The molecule has 6 heteroatoms. The van der Waals surface area contributed by atoms with Crippen molar-refractivity contribution in [3.05, 3.63) is 34.9 Å². The van der Waals surface area contributed by atoms with Gasteiger partial charge in [-0.15, -0.1) is 0 Å². The van der Waals surface area contributed by atoms with Crippen molar-refractivity contribution in [1.82, 2.24) is 10.6 Å². The Labute approximate surface area is 117 Å². The number of methoxy groups -OCH3 is 1. The van der Waals surface area contributed by atoms with Gasteiger partial charge in [-0.1, -0.05) is 23.7 Å². The second-order valence-corrected chi connectivity index (χ2v) is 4.47. The number of carbonyl (C=O) groups is 1. The molecule has 19 heavy (non-hydrogen) atoms. The van der Waals surface area contributed by atoms with E-state index in [0.29, 0.717) is 31.1 Å². The third-order valence-corrected chi connectivity index (χ3v) is 2.76. The van der Waals surface area contributed by atoms with Crippen LogP contribution in [0.25, 0.3) is 0 Å². The standard InChI is InChI=1S/C13H19ClN2O3/c1-19-8-7-16-13(18)15-6-5-12(17)10-3-2-4-11(14)9-10/h2-4,9,12,17H,5-8H2,1H3,(H2,15,16,18)/t12-/m1/s1. The summed E-state index contributed by atoms with van der Waals surface area (Å²) in [6, 6.07) is 6.78. The van der Waals surface area contributed by atoms with E-state index in [4.69, 9.17) is 16.3 Å². The smallest absolute Gasteiger partial charge is 0.314 e. The van der Waals surface area contributed by atoms with Crippen molar-refractivity contribution in [1.29, 1.82) is 0 Å². The first-order valence-corrected chi connectivity index (χ1v) is 6.45. The van der Waals surface area contributed by atoms with Crippen molar-refractivity contribution in [3.8, 4) is 0 Å². The number of aliphatic hydroxyl groups is 1. The van der Waals surface area contributed by atoms with Crippen LogP contribution in [0.15, 0.2) is 24.3 Å². The molecule has 0 bridgehead atoms. The van der Waals surface area contributed by atoms with Gasteiger partial charge in [0.1, 0.15) is 0 Å². The molecule has 5 nitrogen and oxygen atoms in total. The molecule has 1 atom stereocenters. The van der Waals surface area contributed by atoms with Crippen molar-refractivity contribution in [2.45, 2.75) is 12.5 Å². The molecule has 0 spiro atoms. The Kier molecular flexibility index (Phi) is 7.25. The maximum atomic E-state index is 11.3. The van der Waals surface area contributed by atoms with Crippen molar-refractivity contribution in [3.63, 3.8) is 0 Å². The number of hydrogen-bond acceptors (Lipinski definition) is 3. The third kappa shape index (κ3) is 6.42. The van der Waals surface area contributed by atoms with E-state index < -0.39 is 6.10 Å². The molecule has 0 aliphatic heterocycles. The molecule has 1 aromatic rings. The number of halogens is 1. The monoisotopic (exact) mass is 286 g/mol. The lowest BCUT2D eigenvalue weighted by Gasteiger charge is -2.12. The Hall–Kier alpha value is -1.30. The zero-order valence-corrected chi connectivity index (χ0v) is 11.6. The molecule has 0 aliphatic carbocycles. The highest BCUT2D eigenvalue weighted by atomic mass is 35.5. The average molecular weight is 287 g/mol. The minimum atomic E-state index is -0.641. The molecule has 0 fully saturated rings. The highest BCUT2D eigenvalue weighted by Crippen LogP contribution is 2.19. The summed E-state index contributed by atoms with van der Waals surface area (Å²) in [5, 5.41) is 15.8. The Bertz CT molecular complexity index is 401. The van der Waals surface area contributed by atoms with Crippen LogP contribution >= 0.6 is 11.6 Å². The van der Waals surface area contributed by atoms with Crippen LogP contribution in [-0.4, -0.2) is 37.9 Å². The number of benzene rings is 1. The summed E-state index contributed by atoms with van der Waals surface area (Å²) in [6.07, 6.45) is -0.212. The molecule has 1 rings (SSSR count). The highest BCUT2D eigenvalue weighted by molar-refractivity contribution is 6.30. The van der Waals surface area contributed by atoms with Gasteiger partial charge < -0.3 is 20.5 Å². The number of ether oxygens (including phenoxy) is 1. The minimum Gasteiger partial charge on any atom is -0.388 e. The van der Waals surface area contributed by atoms with E-state index in [2.05, 4.69) is 10.6 Å². The Balaban J connectivity index is 2.23. The molecule has 0 unspecified atom stereocenters. The summed E-state index contributed by atoms with van der Waals surface area (Å²) in [7, 11) is 1.57. The van der Waals surface area contributed by atoms with Crippen LogP contribution in [0.4, 0.5) is 4.79 Å². The first-order chi connectivity index (χ1) is 9.13. The SMILES string of the molecule is COCCNC(=O)NCC[C@@H](O)c1cccc(Cl)c1. The predicted octanol–water partition coefficient (Wildman–Crippen LogP) is 1.71. The number of carbonyl (C=O) groups excluding carboxylic acids is 1. The third-order valence-electron chi connectivity index (χ3n) is 2.53. The summed E-state index contributed by atoms with van der Waals surface area (Å²) in [5.74, 6) is 0. The fourth-order valence-corrected chi connectivity index (χ4v) is 1.73. The number of aliphatic hydroxyl groups excluding tert-OH is 1. The van der Waals surface area contributed by atoms with E-state index in [0.717, 1.165) is 5.56 Å². The highest BCUT2D eigenvalue weighted by Gasteiger charge is 2.08. The largest absolute Gasteiger partial charge is 0.388 e. The van der Waals surface area contributed by atoms with Gasteiger partial charge in [-0.25, -0.2) is 4.79 Å². The van der Waals surface area contributed by atoms with Crippen molar-refractivity contribution >= 4 is 17.6 Å². The average Bonchev–Trinajstić information content (AvgIpc) is 2.39. The van der Waals surface area contributed by atoms with Gasteiger partial charge in [0, 0.05) is 25.2 Å². The topological polar surface area (TPSA) is 70.6 Å². The number of nitrogens with one attached hydrogen (secondary N) is 2. The van der Waals surface area contributed by atoms with Gasteiger partial charge in [0.25, 0.3) is 0 Å². The second kappa shape index (κ2) is 8.74. The van der Waals surface area contributed by atoms with Gasteiger partial charge in [0.05, 0.1) is 12.7 Å². The van der Waals surface area contributed by atoms with Crippen LogP contribution in [-0.2, 0) is 4.74 Å². The molecule has 1 aromatic carbocycles. The molecule has 0 radical (unpaired) electrons. The van der Waals surface area contributed by atoms with Gasteiger partial charge in [-0.2, -0.15) is 0 Å². The fourth-order valence-electron chi connectivity index (χ4n) is 1.53. The first kappa shape index (κ1) is 15.8. The summed E-state index contributed by atoms with van der Waals surface area (Å²) in [6.45, 7) is 1.31. The maximum absolute atomic E-state index is 11.3. The zero-order chi connectivity index (χ0) is 14.1. The number of urea groups is 1. The number of hydrogen-bond donors (Lipinski definition) is 3. The fraction of sp³-hybridized carbons (Fsp3) is 0.462. The molecule has 0 aromatic heterocycles. The maximum Gasteiger partial charge on any atom is 0.314 e. The van der Waals surface area contributed by atoms with Gasteiger partial charge in [-0.05, 0) is 24.1 Å². The van der Waals surface area contributed by atoms with Crippen LogP contribution in [0.5, 0.6) is 0 Å². The first-order valence-electron chi connectivity index (χ1n) is 6.07. The van der Waals surface area contributed by atoms with Gasteiger partial charge >= 0.3 is 6.03 Å². The van der Waals surface area contributed by atoms with E-state index in [1.54, 1.807) is 31.4 Å². The van der Waals surface area contributed by atoms with Gasteiger partial charge in [-0.3, -0.25) is 0 Å². The molecular formula is C13H19ClN2O3. The Morgan fingerprint density at radius 1 is 1.42 bits per heavy atom. The number of amides is 2. The quantitative estimate of drug-likeness (QED) is 0.668. The van der Waals surface area contributed by atoms with Gasteiger partial charge in [0.15, 0.2) is 0 Å². The Morgan fingerprint density at radius 2 is 2.16 bits per heavy atom. The summed E-state index contributed by atoms with van der Waals surface area (Å²) in [5.41, 5.74) is 0.745. The lowest BCUT2D eigenvalue weighted by atomic mass is 10.1. The van der Waals surface area contributed by atoms with Crippen molar-refractivity contribution in [2.24, 2.45) is 0 Å². The predicted molar refractivity (Wildman–Crippen MR) is 74.3 cm³/mol. The Morgan fingerprint density at radius 3 is 2.84 bits per heavy atom. The summed E-state index contributed by atoms with van der Waals surface area (Å²) in [4.78, 5) is 11.3. The molecule has 0 aliphatic rings. The van der Waals surface area contributed by atoms with E-state index in [1.807, 2.05) is 0 Å². The van der Waals surface area contributed by atoms with E-state index in [9.17, 15) is 9.90 Å². The molecule has 0 saturated carbocycles. The van der Waals surface area contributed by atoms with E-state index in [-0.39, 0.29) is 6.03 Å². The molecule has 0 heterocycles. The minimum absolute atomic E-state index is 0.268. The molecule has 106 valence electrons. The lowest BCUT2D eigenvalue weighted by Crippen LogP contribution is -2.38. The van der Waals surface area contributed by atoms with Crippen molar-refractivity contribution in [2.75, 3.05) is 26.8 Å². The van der Waals surface area contributed by atoms with Crippen LogP contribution in [0.2, 0.25) is 5.02 Å². The second-order valence-electron chi connectivity index (χ2n) is 4.03. The zero-order valence-electron chi connectivity index (χ0n) is 10.9. The summed E-state index contributed by atoms with van der Waals surface area (Å²) < 4.78 is 4.81. The molecule has 0 saturated heterocycles. The van der Waals surface area contributed by atoms with Crippen LogP contribution in [0, 0.1) is 0 Å². The normalized spacial score (nSPS) is 11.9. The number of rotatable bonds is 7. The van der Waals surface area contributed by atoms with Crippen LogP contribution in [0.3, 0.4) is 0 Å². The molecular weight excluding hydrogens is 268 g/mol. The van der Waals surface area contributed by atoms with Crippen LogP contribution < -0.4 is 10.6 Å². The van der Waals surface area contributed by atoms with E-state index >= 15 is 0 Å². The van der Waals surface area contributed by atoms with Gasteiger partial charge in [0.2, 0.25) is 0 Å². The molecule has 3 N–H and O–H groups in total. The van der Waals surface area contributed by atoms with Crippen molar-refractivity contribution < 1.29 is 14.6 Å².